The highest BCUT2D eigenvalue weighted by Gasteiger charge is 2.31. The fourth-order valence-electron chi connectivity index (χ4n) is 2.25. The summed E-state index contributed by atoms with van der Waals surface area (Å²) in [5, 5.41) is 2.70. The Morgan fingerprint density at radius 2 is 1.96 bits per heavy atom. The van der Waals surface area contributed by atoms with Gasteiger partial charge in [-0.15, -0.1) is 13.2 Å². The van der Waals surface area contributed by atoms with Crippen molar-refractivity contribution in [2.24, 2.45) is 0 Å². The number of benzene rings is 1. The van der Waals surface area contributed by atoms with E-state index >= 15 is 0 Å². The van der Waals surface area contributed by atoms with Crippen LogP contribution in [0.2, 0.25) is 0 Å². The average molecular weight is 355 g/mol. The van der Waals surface area contributed by atoms with Crippen molar-refractivity contribution in [3.05, 3.63) is 57.8 Å². The van der Waals surface area contributed by atoms with Gasteiger partial charge in [-0.3, -0.25) is 9.59 Å². The smallest absolute Gasteiger partial charge is 0.406 e. The first-order valence-corrected chi connectivity index (χ1v) is 7.42. The van der Waals surface area contributed by atoms with Gasteiger partial charge in [0.05, 0.1) is 6.04 Å². The summed E-state index contributed by atoms with van der Waals surface area (Å²) in [5.74, 6) is -0.583. The molecule has 134 valence electrons. The lowest BCUT2D eigenvalue weighted by atomic mass is 10.0. The molecule has 0 aliphatic rings. The Hall–Kier alpha value is -2.84. The maximum Gasteiger partial charge on any atom is 0.573 e. The Morgan fingerprint density at radius 1 is 1.32 bits per heavy atom. The van der Waals surface area contributed by atoms with Gasteiger partial charge in [0.25, 0.3) is 11.5 Å². The van der Waals surface area contributed by atoms with Crippen LogP contribution < -0.4 is 15.6 Å². The van der Waals surface area contributed by atoms with E-state index in [1.807, 2.05) is 6.92 Å². The number of nitrogens with zero attached hydrogens (tertiary/aromatic N) is 1. The van der Waals surface area contributed by atoms with E-state index < -0.39 is 23.9 Å². The van der Waals surface area contributed by atoms with Crippen LogP contribution in [0.25, 0.3) is 0 Å². The zero-order valence-corrected chi connectivity index (χ0v) is 13.5. The summed E-state index contributed by atoms with van der Waals surface area (Å²) in [7, 11) is 0. The van der Waals surface area contributed by atoms with Crippen molar-refractivity contribution in [1.29, 1.82) is 0 Å². The van der Waals surface area contributed by atoms with Crippen LogP contribution in [0.4, 0.5) is 13.2 Å². The second kappa shape index (κ2) is 7.37. The molecule has 0 fully saturated rings. The number of hydrogen-bond donors (Lipinski definition) is 2. The summed E-state index contributed by atoms with van der Waals surface area (Å²) in [6.07, 6.45) is -4.27. The van der Waals surface area contributed by atoms with E-state index in [2.05, 4.69) is 20.0 Å². The number of nitrogens with one attached hydrogen (secondary N) is 2. The summed E-state index contributed by atoms with van der Waals surface area (Å²) >= 11 is 0. The van der Waals surface area contributed by atoms with Crippen molar-refractivity contribution in [2.45, 2.75) is 32.7 Å². The number of aromatic nitrogens is 2. The molecule has 1 aromatic carbocycles. The van der Waals surface area contributed by atoms with Gasteiger partial charge in [-0.25, -0.2) is 4.98 Å². The minimum Gasteiger partial charge on any atom is -0.406 e. The molecule has 0 aliphatic carbocycles. The molecule has 0 unspecified atom stereocenters. The van der Waals surface area contributed by atoms with Gasteiger partial charge in [-0.2, -0.15) is 0 Å². The first-order valence-electron chi connectivity index (χ1n) is 7.42. The van der Waals surface area contributed by atoms with E-state index in [1.54, 1.807) is 6.92 Å². The van der Waals surface area contributed by atoms with Gasteiger partial charge in [-0.1, -0.05) is 19.1 Å². The lowest BCUT2D eigenvalue weighted by Crippen LogP contribution is -2.30. The minimum absolute atomic E-state index is 0.0308. The summed E-state index contributed by atoms with van der Waals surface area (Å²) in [6.45, 7) is 3.36. The van der Waals surface area contributed by atoms with Crippen molar-refractivity contribution in [2.75, 3.05) is 0 Å². The second-order valence-electron chi connectivity index (χ2n) is 5.27. The number of H-pyrrole nitrogens is 1. The van der Waals surface area contributed by atoms with Crippen molar-refractivity contribution in [3.8, 4) is 5.75 Å². The van der Waals surface area contributed by atoms with Gasteiger partial charge in [0.2, 0.25) is 0 Å². The Balaban J connectivity index is 2.14. The molecule has 0 radical (unpaired) electrons. The fourth-order valence-corrected chi connectivity index (χ4v) is 2.25. The number of aromatic amines is 1. The molecule has 9 heteroatoms. The highest BCUT2D eigenvalue weighted by Crippen LogP contribution is 2.25. The van der Waals surface area contributed by atoms with Gasteiger partial charge in [0, 0.05) is 6.07 Å². The largest absolute Gasteiger partial charge is 0.573 e. The molecule has 0 spiro atoms. The SMILES string of the molecule is CC[C@@H](NC(=O)c1cc(=O)[nH]c(C)n1)c1ccc(OC(F)(F)F)cc1. The monoisotopic (exact) mass is 355 g/mol. The number of amides is 1. The molecule has 6 nitrogen and oxygen atoms in total. The van der Waals surface area contributed by atoms with E-state index in [0.717, 1.165) is 6.07 Å². The van der Waals surface area contributed by atoms with Gasteiger partial charge in [0.1, 0.15) is 17.3 Å². The number of carbonyl (C=O) groups is 1. The molecule has 2 aromatic rings. The lowest BCUT2D eigenvalue weighted by molar-refractivity contribution is -0.274. The number of alkyl halides is 3. The van der Waals surface area contributed by atoms with Crippen molar-refractivity contribution >= 4 is 5.91 Å². The van der Waals surface area contributed by atoms with Gasteiger partial charge >= 0.3 is 6.36 Å². The second-order valence-corrected chi connectivity index (χ2v) is 5.27. The molecule has 0 aliphatic heterocycles. The third kappa shape index (κ3) is 5.33. The zero-order chi connectivity index (χ0) is 18.6. The number of hydrogen-bond acceptors (Lipinski definition) is 4. The van der Waals surface area contributed by atoms with Crippen LogP contribution in [0.15, 0.2) is 35.1 Å². The Morgan fingerprint density at radius 3 is 2.48 bits per heavy atom. The standard InChI is InChI=1S/C16H16F3N3O3/c1-3-12(10-4-6-11(7-5-10)25-16(17,18)19)22-15(24)13-8-14(23)21-9(2)20-13/h4-8,12H,3H2,1-2H3,(H,22,24)(H,20,21,23)/t12-/m1/s1. The predicted octanol–water partition coefficient (Wildman–Crippen LogP) is 2.86. The lowest BCUT2D eigenvalue weighted by Gasteiger charge is -2.18. The third-order valence-corrected chi connectivity index (χ3v) is 3.32. The van der Waals surface area contributed by atoms with Crippen molar-refractivity contribution in [3.63, 3.8) is 0 Å². The Bertz CT molecular complexity index is 801. The van der Waals surface area contributed by atoms with Gasteiger partial charge in [-0.05, 0) is 31.0 Å². The Labute approximate surface area is 141 Å². The summed E-state index contributed by atoms with van der Waals surface area (Å²) < 4.78 is 40.3. The normalized spacial score (nSPS) is 12.5. The Kier molecular flexibility index (Phi) is 5.45. The van der Waals surface area contributed by atoms with Crippen molar-refractivity contribution < 1.29 is 22.7 Å². The molecule has 1 amide bonds. The first-order chi connectivity index (χ1) is 11.7. The summed E-state index contributed by atoms with van der Waals surface area (Å²) in [4.78, 5) is 30.1. The average Bonchev–Trinajstić information content (AvgIpc) is 2.51. The topological polar surface area (TPSA) is 84.1 Å². The molecule has 2 rings (SSSR count). The number of carbonyl (C=O) groups excluding carboxylic acids is 1. The number of rotatable bonds is 5. The molecule has 1 heterocycles. The minimum atomic E-state index is -4.76. The van der Waals surface area contributed by atoms with Crippen LogP contribution in [0.3, 0.4) is 0 Å². The molecular formula is C16H16F3N3O3. The van der Waals surface area contributed by atoms with Crippen LogP contribution in [0, 0.1) is 6.92 Å². The van der Waals surface area contributed by atoms with Gasteiger partial charge in [0.15, 0.2) is 0 Å². The fraction of sp³-hybridized carbons (Fsp3) is 0.312. The summed E-state index contributed by atoms with van der Waals surface area (Å²) in [5.41, 5.74) is 0.128. The van der Waals surface area contributed by atoms with Crippen LogP contribution in [-0.2, 0) is 0 Å². The van der Waals surface area contributed by atoms with Crippen LogP contribution >= 0.6 is 0 Å². The van der Waals surface area contributed by atoms with Gasteiger partial charge < -0.3 is 15.0 Å². The van der Waals surface area contributed by atoms with E-state index in [-0.39, 0.29) is 11.4 Å². The third-order valence-electron chi connectivity index (χ3n) is 3.32. The molecule has 2 N–H and O–H groups in total. The summed E-state index contributed by atoms with van der Waals surface area (Å²) in [6, 6.07) is 5.85. The van der Waals surface area contributed by atoms with E-state index in [0.29, 0.717) is 17.8 Å². The molecule has 1 aromatic heterocycles. The van der Waals surface area contributed by atoms with E-state index in [4.69, 9.17) is 0 Å². The highest BCUT2D eigenvalue weighted by atomic mass is 19.4. The predicted molar refractivity (Wildman–Crippen MR) is 83.2 cm³/mol. The van der Waals surface area contributed by atoms with Crippen LogP contribution in [0.1, 0.15) is 41.3 Å². The quantitative estimate of drug-likeness (QED) is 0.864. The zero-order valence-electron chi connectivity index (χ0n) is 13.5. The molecule has 0 saturated carbocycles. The molecule has 0 bridgehead atoms. The van der Waals surface area contributed by atoms with Crippen molar-refractivity contribution in [1.82, 2.24) is 15.3 Å². The van der Waals surface area contributed by atoms with Crippen LogP contribution in [0.5, 0.6) is 5.75 Å². The number of halogens is 3. The van der Waals surface area contributed by atoms with E-state index in [9.17, 15) is 22.8 Å². The number of aryl methyl sites for hydroxylation is 1. The first kappa shape index (κ1) is 18.5. The molecule has 1 atom stereocenters. The number of ether oxygens (including phenoxy) is 1. The maximum absolute atomic E-state index is 12.2. The maximum atomic E-state index is 12.2. The highest BCUT2D eigenvalue weighted by molar-refractivity contribution is 5.92. The van der Waals surface area contributed by atoms with E-state index in [1.165, 1.54) is 24.3 Å². The molecule has 25 heavy (non-hydrogen) atoms. The molecular weight excluding hydrogens is 339 g/mol. The van der Waals surface area contributed by atoms with Crippen LogP contribution in [-0.4, -0.2) is 22.2 Å². The molecule has 0 saturated heterocycles.